The lowest BCUT2D eigenvalue weighted by molar-refractivity contribution is 0.353. The van der Waals surface area contributed by atoms with E-state index < -0.39 is 0 Å². The lowest BCUT2D eigenvalue weighted by atomic mass is 10.6. The molecule has 0 spiro atoms. The summed E-state index contributed by atoms with van der Waals surface area (Å²) >= 11 is 7.61. The highest BCUT2D eigenvalue weighted by atomic mass is 35.5. The molecule has 0 saturated carbocycles. The first kappa shape index (κ1) is 6.72. The fourth-order valence-electron chi connectivity index (χ4n) is 0.721. The maximum Gasteiger partial charge on any atom is 0.0739 e. The highest BCUT2D eigenvalue weighted by molar-refractivity contribution is 7.99. The Bertz CT molecular complexity index is 63.4. The van der Waals surface area contributed by atoms with E-state index in [1.807, 2.05) is 11.8 Å². The molecule has 1 aliphatic rings. The Hall–Kier alpha value is 0.600. The van der Waals surface area contributed by atoms with Gasteiger partial charge >= 0.3 is 0 Å². The number of nitrogens with zero attached hydrogens (tertiary/aromatic N) is 1. The second-order valence-corrected chi connectivity index (χ2v) is 3.31. The summed E-state index contributed by atoms with van der Waals surface area (Å²) in [5.74, 6) is 2.51. The normalized spacial score (nSPS) is 23.6. The van der Waals surface area contributed by atoms with Crippen molar-refractivity contribution in [3.63, 3.8) is 0 Å². The number of hydrogen-bond donors (Lipinski definition) is 0. The third-order valence-corrected chi connectivity index (χ3v) is 2.55. The van der Waals surface area contributed by atoms with Gasteiger partial charge in [-0.15, -0.1) is 11.6 Å². The Labute approximate surface area is 59.4 Å². The molecule has 1 rings (SSSR count). The molecule has 48 valence electrons. The molecule has 1 nitrogen and oxygen atoms in total. The van der Waals surface area contributed by atoms with E-state index in [0.29, 0.717) is 6.00 Å². The number of hydrogen-bond acceptors (Lipinski definition) is 2. The summed E-state index contributed by atoms with van der Waals surface area (Å²) in [4.78, 5) is 2.26. The monoisotopic (exact) mass is 151 g/mol. The van der Waals surface area contributed by atoms with Crippen LogP contribution in [0.15, 0.2) is 0 Å². The second kappa shape index (κ2) is 3.59. The van der Waals surface area contributed by atoms with Crippen LogP contribution >= 0.6 is 23.4 Å². The van der Waals surface area contributed by atoms with E-state index in [1.54, 1.807) is 0 Å². The number of alkyl halides is 1. The zero-order valence-corrected chi connectivity index (χ0v) is 6.34. The molecule has 0 radical (unpaired) electrons. The predicted molar refractivity (Wildman–Crippen MR) is 39.6 cm³/mol. The second-order valence-electron chi connectivity index (χ2n) is 1.85. The third-order valence-electron chi connectivity index (χ3n) is 1.27. The molecule has 0 aromatic rings. The van der Waals surface area contributed by atoms with Gasteiger partial charge < -0.3 is 0 Å². The molecule has 0 unspecified atom stereocenters. The molecule has 1 fully saturated rings. The fourth-order valence-corrected chi connectivity index (χ4v) is 1.94. The van der Waals surface area contributed by atoms with Crippen molar-refractivity contribution in [3.8, 4) is 0 Å². The Kier molecular flexibility index (Phi) is 3.02. The van der Waals surface area contributed by atoms with E-state index >= 15 is 0 Å². The van der Waals surface area contributed by atoms with E-state index in [-0.39, 0.29) is 0 Å². The highest BCUT2D eigenvalue weighted by Crippen LogP contribution is 2.08. The van der Waals surface area contributed by atoms with Crippen LogP contribution in [-0.4, -0.2) is 35.5 Å². The van der Waals surface area contributed by atoms with Crippen LogP contribution in [0.25, 0.3) is 0 Å². The minimum atomic E-state index is 0.709. The van der Waals surface area contributed by atoms with Gasteiger partial charge in [-0.3, -0.25) is 4.90 Å². The molecule has 8 heavy (non-hydrogen) atoms. The predicted octanol–water partition coefficient (Wildman–Crippen LogP) is 1.23. The average molecular weight is 152 g/mol. The van der Waals surface area contributed by atoms with Gasteiger partial charge in [0.25, 0.3) is 0 Å². The summed E-state index contributed by atoms with van der Waals surface area (Å²) in [6.45, 7) is 2.35. The maximum atomic E-state index is 5.60. The maximum absolute atomic E-state index is 5.60. The topological polar surface area (TPSA) is 3.24 Å². The van der Waals surface area contributed by atoms with Gasteiger partial charge in [0.05, 0.1) is 6.00 Å². The molecule has 1 aliphatic heterocycles. The fraction of sp³-hybridized carbons (Fsp3) is 1.00. The van der Waals surface area contributed by atoms with Gasteiger partial charge in [0.1, 0.15) is 0 Å². The molecule has 0 amide bonds. The van der Waals surface area contributed by atoms with Crippen LogP contribution in [0.3, 0.4) is 0 Å². The van der Waals surface area contributed by atoms with Crippen LogP contribution < -0.4 is 0 Å². The van der Waals surface area contributed by atoms with Crippen molar-refractivity contribution in [2.24, 2.45) is 0 Å². The van der Waals surface area contributed by atoms with Crippen LogP contribution in [0.2, 0.25) is 0 Å². The van der Waals surface area contributed by atoms with Crippen LogP contribution in [0.1, 0.15) is 0 Å². The Morgan fingerprint density at radius 2 is 2.00 bits per heavy atom. The first-order chi connectivity index (χ1) is 3.93. The van der Waals surface area contributed by atoms with Crippen molar-refractivity contribution in [1.82, 2.24) is 4.90 Å². The summed E-state index contributed by atoms with van der Waals surface area (Å²) in [5.41, 5.74) is 0. The molecular weight excluding hydrogens is 142 g/mol. The van der Waals surface area contributed by atoms with Gasteiger partial charge in [0.2, 0.25) is 0 Å². The Morgan fingerprint density at radius 3 is 2.38 bits per heavy atom. The molecule has 0 aromatic heterocycles. The number of rotatable bonds is 1. The SMILES string of the molecule is ClCN1CCSCC1. The van der Waals surface area contributed by atoms with Crippen molar-refractivity contribution in [2.45, 2.75) is 0 Å². The van der Waals surface area contributed by atoms with Gasteiger partial charge in [0.15, 0.2) is 0 Å². The first-order valence-corrected chi connectivity index (χ1v) is 4.48. The summed E-state index contributed by atoms with van der Waals surface area (Å²) in [6.07, 6.45) is 0. The van der Waals surface area contributed by atoms with E-state index in [0.717, 1.165) is 0 Å². The lowest BCUT2D eigenvalue weighted by Crippen LogP contribution is -2.31. The molecule has 1 heterocycles. The van der Waals surface area contributed by atoms with Crippen LogP contribution in [0.5, 0.6) is 0 Å². The van der Waals surface area contributed by atoms with Crippen LogP contribution in [0.4, 0.5) is 0 Å². The van der Waals surface area contributed by atoms with Crippen molar-refractivity contribution in [2.75, 3.05) is 30.6 Å². The summed E-state index contributed by atoms with van der Waals surface area (Å²) in [5, 5.41) is 0. The molecular formula is C5H10ClNS. The number of halogens is 1. The van der Waals surface area contributed by atoms with Gasteiger partial charge in [-0.2, -0.15) is 11.8 Å². The van der Waals surface area contributed by atoms with E-state index in [1.165, 1.54) is 24.6 Å². The highest BCUT2D eigenvalue weighted by Gasteiger charge is 2.06. The minimum absolute atomic E-state index is 0.709. The molecule has 0 aliphatic carbocycles. The zero-order chi connectivity index (χ0) is 5.82. The summed E-state index contributed by atoms with van der Waals surface area (Å²) in [6, 6.07) is 0.709. The van der Waals surface area contributed by atoms with E-state index in [2.05, 4.69) is 4.90 Å². The molecule has 3 heteroatoms. The Balaban J connectivity index is 2.13. The summed E-state index contributed by atoms with van der Waals surface area (Å²) in [7, 11) is 0. The zero-order valence-electron chi connectivity index (χ0n) is 4.77. The van der Waals surface area contributed by atoms with Crippen LogP contribution in [0, 0.1) is 0 Å². The van der Waals surface area contributed by atoms with E-state index in [9.17, 15) is 0 Å². The van der Waals surface area contributed by atoms with Crippen molar-refractivity contribution >= 4 is 23.4 Å². The van der Waals surface area contributed by atoms with Crippen molar-refractivity contribution in [3.05, 3.63) is 0 Å². The molecule has 0 N–H and O–H groups in total. The van der Waals surface area contributed by atoms with E-state index in [4.69, 9.17) is 11.6 Å². The van der Waals surface area contributed by atoms with Crippen molar-refractivity contribution < 1.29 is 0 Å². The molecule has 0 aromatic carbocycles. The first-order valence-electron chi connectivity index (χ1n) is 2.79. The smallest absolute Gasteiger partial charge is 0.0739 e. The van der Waals surface area contributed by atoms with Gasteiger partial charge in [-0.05, 0) is 0 Å². The minimum Gasteiger partial charge on any atom is -0.288 e. The number of thioether (sulfide) groups is 1. The summed E-state index contributed by atoms with van der Waals surface area (Å²) < 4.78 is 0. The van der Waals surface area contributed by atoms with Gasteiger partial charge in [0, 0.05) is 24.6 Å². The van der Waals surface area contributed by atoms with Crippen LogP contribution in [-0.2, 0) is 0 Å². The van der Waals surface area contributed by atoms with Gasteiger partial charge in [-0.1, -0.05) is 0 Å². The van der Waals surface area contributed by atoms with Crippen molar-refractivity contribution in [1.29, 1.82) is 0 Å². The quantitative estimate of drug-likeness (QED) is 0.410. The average Bonchev–Trinajstić information content (AvgIpc) is 1.90. The standard InChI is InChI=1S/C5H10ClNS/c6-5-7-1-3-8-4-2-7/h1-5H2. The third kappa shape index (κ3) is 1.84. The largest absolute Gasteiger partial charge is 0.288 e. The Morgan fingerprint density at radius 1 is 1.38 bits per heavy atom. The lowest BCUT2D eigenvalue weighted by Gasteiger charge is -2.22. The molecule has 1 saturated heterocycles. The van der Waals surface area contributed by atoms with Gasteiger partial charge in [-0.25, -0.2) is 0 Å². The molecule has 0 bridgehead atoms. The molecule has 0 atom stereocenters.